The number of methoxy groups -OCH3 is 1. The second-order valence-electron chi connectivity index (χ2n) is 7.35. The van der Waals surface area contributed by atoms with Gasteiger partial charge in [-0.2, -0.15) is 0 Å². The highest BCUT2D eigenvalue weighted by molar-refractivity contribution is 7.91. The lowest BCUT2D eigenvalue weighted by Crippen LogP contribution is -2.38. The van der Waals surface area contributed by atoms with Gasteiger partial charge in [0.25, 0.3) is 0 Å². The summed E-state index contributed by atoms with van der Waals surface area (Å²) in [5.74, 6) is 0.160. The molecule has 2 heterocycles. The second kappa shape index (κ2) is 9.33. The van der Waals surface area contributed by atoms with Crippen LogP contribution >= 0.6 is 11.3 Å². The fourth-order valence-electron chi connectivity index (χ4n) is 3.52. The molecule has 3 aromatic rings. The quantitative estimate of drug-likeness (QED) is 0.510. The number of rotatable bonds is 8. The number of hydrogen-bond donors (Lipinski definition) is 0. The van der Waals surface area contributed by atoms with Gasteiger partial charge in [0, 0.05) is 19.1 Å². The summed E-state index contributed by atoms with van der Waals surface area (Å²) in [5, 5.41) is 0.542. The van der Waals surface area contributed by atoms with Crippen molar-refractivity contribution in [1.29, 1.82) is 0 Å². The highest BCUT2D eigenvalue weighted by atomic mass is 32.2. The average Bonchev–Trinajstić information content (AvgIpc) is 3.45. The largest absolute Gasteiger partial charge is 0.497 e. The molecule has 1 saturated heterocycles. The Kier molecular flexibility index (Phi) is 6.54. The van der Waals surface area contributed by atoms with Crippen LogP contribution in [0.4, 0.5) is 5.13 Å². The second-order valence-corrected chi connectivity index (χ2v) is 10.5. The summed E-state index contributed by atoms with van der Waals surface area (Å²) in [7, 11) is -1.95. The number of thiazole rings is 1. The molecule has 1 fully saturated rings. The highest BCUT2D eigenvalue weighted by Crippen LogP contribution is 2.32. The van der Waals surface area contributed by atoms with E-state index >= 15 is 0 Å². The number of benzene rings is 2. The molecule has 0 radical (unpaired) electrons. The minimum atomic E-state index is -3.54. The van der Waals surface area contributed by atoms with Crippen LogP contribution in [0.3, 0.4) is 0 Å². The lowest BCUT2D eigenvalue weighted by atomic mass is 10.2. The van der Waals surface area contributed by atoms with Crippen LogP contribution in [0.5, 0.6) is 5.75 Å². The van der Waals surface area contributed by atoms with Crippen LogP contribution in [-0.4, -0.2) is 51.4 Å². The monoisotopic (exact) mass is 460 g/mol. The van der Waals surface area contributed by atoms with Crippen LogP contribution in [0, 0.1) is 0 Å². The zero-order valence-electron chi connectivity index (χ0n) is 17.2. The smallest absolute Gasteiger partial charge is 0.229 e. The van der Waals surface area contributed by atoms with Crippen molar-refractivity contribution in [1.82, 2.24) is 4.98 Å². The number of fused-ring (bicyclic) bond motifs is 1. The van der Waals surface area contributed by atoms with E-state index in [1.165, 1.54) is 11.3 Å². The highest BCUT2D eigenvalue weighted by Gasteiger charge is 2.27. The third-order valence-electron chi connectivity index (χ3n) is 5.21. The number of hydrogen-bond acceptors (Lipinski definition) is 7. The van der Waals surface area contributed by atoms with Gasteiger partial charge in [-0.3, -0.25) is 9.69 Å². The minimum absolute atomic E-state index is 0.0729. The summed E-state index contributed by atoms with van der Waals surface area (Å²) in [4.78, 5) is 19.6. The standard InChI is InChI=1S/C22H24N2O5S2/c1-28-16-9-10-20-19(14-16)23-22(30-20)24(15-17-6-5-12-29-17)21(25)11-13-31(26,27)18-7-3-2-4-8-18/h2-4,7-10,14,17H,5-6,11-13,15H2,1H3. The lowest BCUT2D eigenvalue weighted by Gasteiger charge is -2.23. The van der Waals surface area contributed by atoms with Gasteiger partial charge < -0.3 is 9.47 Å². The van der Waals surface area contributed by atoms with E-state index < -0.39 is 9.84 Å². The number of sulfone groups is 1. The van der Waals surface area contributed by atoms with Gasteiger partial charge in [0.2, 0.25) is 5.91 Å². The first-order chi connectivity index (χ1) is 15.0. The van der Waals surface area contributed by atoms with Crippen molar-refractivity contribution in [2.24, 2.45) is 0 Å². The summed E-state index contributed by atoms with van der Waals surface area (Å²) in [5.41, 5.74) is 0.737. The molecule has 1 aliphatic heterocycles. The average molecular weight is 461 g/mol. The molecule has 1 aromatic heterocycles. The van der Waals surface area contributed by atoms with Crippen LogP contribution in [0.2, 0.25) is 0 Å². The molecule has 0 N–H and O–H groups in total. The summed E-state index contributed by atoms with van der Waals surface area (Å²) >= 11 is 1.40. The molecule has 1 unspecified atom stereocenters. The predicted octanol–water partition coefficient (Wildman–Crippen LogP) is 3.68. The van der Waals surface area contributed by atoms with E-state index in [0.29, 0.717) is 24.0 Å². The lowest BCUT2D eigenvalue weighted by molar-refractivity contribution is -0.118. The number of aromatic nitrogens is 1. The van der Waals surface area contributed by atoms with E-state index in [-0.39, 0.29) is 29.1 Å². The fourth-order valence-corrected chi connectivity index (χ4v) is 5.74. The topological polar surface area (TPSA) is 85.8 Å². The van der Waals surface area contributed by atoms with Crippen LogP contribution in [0.1, 0.15) is 19.3 Å². The van der Waals surface area contributed by atoms with Gasteiger partial charge in [0.05, 0.1) is 40.6 Å². The molecule has 2 aromatic carbocycles. The first kappa shape index (κ1) is 21.7. The van der Waals surface area contributed by atoms with Crippen molar-refractivity contribution in [3.05, 3.63) is 48.5 Å². The molecule has 1 aliphatic rings. The van der Waals surface area contributed by atoms with Crippen LogP contribution in [0.15, 0.2) is 53.4 Å². The van der Waals surface area contributed by atoms with Gasteiger partial charge in [-0.25, -0.2) is 13.4 Å². The zero-order valence-corrected chi connectivity index (χ0v) is 18.8. The summed E-state index contributed by atoms with van der Waals surface area (Å²) in [6.45, 7) is 1.04. The Morgan fingerprint density at radius 2 is 2.06 bits per heavy atom. The van der Waals surface area contributed by atoms with Gasteiger partial charge >= 0.3 is 0 Å². The molecular formula is C22H24N2O5S2. The number of ether oxygens (including phenoxy) is 2. The summed E-state index contributed by atoms with van der Waals surface area (Å²) in [6, 6.07) is 13.8. The van der Waals surface area contributed by atoms with Crippen LogP contribution in [0.25, 0.3) is 10.2 Å². The maximum Gasteiger partial charge on any atom is 0.229 e. The van der Waals surface area contributed by atoms with Crippen molar-refractivity contribution >= 4 is 42.4 Å². The number of nitrogens with zero attached hydrogens (tertiary/aromatic N) is 2. The number of carbonyl (C=O) groups excluding carboxylic acids is 1. The minimum Gasteiger partial charge on any atom is -0.497 e. The number of amides is 1. The Bertz CT molecular complexity index is 1160. The molecule has 4 rings (SSSR count). The molecule has 164 valence electrons. The first-order valence-corrected chi connectivity index (χ1v) is 12.6. The maximum absolute atomic E-state index is 13.2. The van der Waals surface area contributed by atoms with E-state index in [1.54, 1.807) is 42.3 Å². The summed E-state index contributed by atoms with van der Waals surface area (Å²) < 4.78 is 37.2. The normalized spacial score (nSPS) is 16.5. The summed E-state index contributed by atoms with van der Waals surface area (Å²) in [6.07, 6.45) is 1.62. The molecular weight excluding hydrogens is 436 g/mol. The Hall–Kier alpha value is -2.49. The third kappa shape index (κ3) is 5.06. The van der Waals surface area contributed by atoms with Crippen molar-refractivity contribution in [2.75, 3.05) is 30.9 Å². The molecule has 0 aliphatic carbocycles. The Labute approximate surface area is 185 Å². The van der Waals surface area contributed by atoms with Gasteiger partial charge in [-0.05, 0) is 37.1 Å². The number of anilines is 1. The molecule has 1 amide bonds. The van der Waals surface area contributed by atoms with E-state index in [4.69, 9.17) is 9.47 Å². The zero-order chi connectivity index (χ0) is 21.8. The predicted molar refractivity (Wildman–Crippen MR) is 121 cm³/mol. The molecule has 31 heavy (non-hydrogen) atoms. The Balaban J connectivity index is 1.56. The van der Waals surface area contributed by atoms with Gasteiger partial charge in [-0.15, -0.1) is 0 Å². The van der Waals surface area contributed by atoms with E-state index in [2.05, 4.69) is 4.98 Å². The molecule has 0 bridgehead atoms. The van der Waals surface area contributed by atoms with Gasteiger partial charge in [0.15, 0.2) is 15.0 Å². The van der Waals surface area contributed by atoms with Gasteiger partial charge in [-0.1, -0.05) is 29.5 Å². The van der Waals surface area contributed by atoms with Crippen molar-refractivity contribution in [2.45, 2.75) is 30.3 Å². The molecule has 0 saturated carbocycles. The molecule has 9 heteroatoms. The Morgan fingerprint density at radius 3 is 2.77 bits per heavy atom. The third-order valence-corrected chi connectivity index (χ3v) is 8.00. The van der Waals surface area contributed by atoms with Crippen LogP contribution in [-0.2, 0) is 19.4 Å². The first-order valence-electron chi connectivity index (χ1n) is 10.1. The Morgan fingerprint density at radius 1 is 1.26 bits per heavy atom. The van der Waals surface area contributed by atoms with Crippen molar-refractivity contribution < 1.29 is 22.7 Å². The van der Waals surface area contributed by atoms with E-state index in [9.17, 15) is 13.2 Å². The molecule has 0 spiro atoms. The molecule has 7 nitrogen and oxygen atoms in total. The fraction of sp³-hybridized carbons (Fsp3) is 0.364. The van der Waals surface area contributed by atoms with Crippen LogP contribution < -0.4 is 9.64 Å². The van der Waals surface area contributed by atoms with Crippen molar-refractivity contribution in [3.63, 3.8) is 0 Å². The molecule has 1 atom stereocenters. The maximum atomic E-state index is 13.2. The van der Waals surface area contributed by atoms with Crippen molar-refractivity contribution in [3.8, 4) is 5.75 Å². The van der Waals surface area contributed by atoms with E-state index in [0.717, 1.165) is 23.1 Å². The van der Waals surface area contributed by atoms with E-state index in [1.807, 2.05) is 18.2 Å². The number of carbonyl (C=O) groups is 1. The SMILES string of the molecule is COc1ccc2sc(N(CC3CCCO3)C(=O)CCS(=O)(=O)c3ccccc3)nc2c1. The van der Waals surface area contributed by atoms with Gasteiger partial charge in [0.1, 0.15) is 5.75 Å².